The molecule has 0 aliphatic rings. The maximum absolute atomic E-state index is 6.70. The fourth-order valence-corrected chi connectivity index (χ4v) is 20.4. The van der Waals surface area contributed by atoms with Gasteiger partial charge in [-0.05, 0) is 133 Å². The maximum atomic E-state index is 6.70. The summed E-state index contributed by atoms with van der Waals surface area (Å²) in [4.78, 5) is 44.7. The van der Waals surface area contributed by atoms with Crippen LogP contribution in [0.4, 0.5) is 0 Å². The second-order valence-corrected chi connectivity index (χ2v) is 35.9. The van der Waals surface area contributed by atoms with Gasteiger partial charge in [-0.3, -0.25) is 4.98 Å². The van der Waals surface area contributed by atoms with Crippen LogP contribution in [0.25, 0.3) is 266 Å². The molecule has 0 unspecified atom stereocenters. The van der Waals surface area contributed by atoms with Gasteiger partial charge >= 0.3 is 0 Å². The zero-order valence-corrected chi connectivity index (χ0v) is 77.2. The number of aromatic nitrogens is 9. The van der Waals surface area contributed by atoms with Gasteiger partial charge in [0.05, 0.1) is 15.9 Å². The Balaban J connectivity index is 0.000000112. The topological polar surface area (TPSA) is 155 Å². The molecule has 0 fully saturated rings. The summed E-state index contributed by atoms with van der Waals surface area (Å²) >= 11 is 1.75. The van der Waals surface area contributed by atoms with Crippen LogP contribution in [0.3, 0.4) is 0 Å². The van der Waals surface area contributed by atoms with Crippen LogP contribution in [0, 0.1) is 0 Å². The molecule has 27 rings (SSSR count). The Labute approximate surface area is 821 Å². The second-order valence-electron chi connectivity index (χ2n) is 34.9. The molecule has 13 heteroatoms. The number of hydrogen-bond donors (Lipinski definition) is 0. The van der Waals surface area contributed by atoms with E-state index in [9.17, 15) is 0 Å². The summed E-state index contributed by atoms with van der Waals surface area (Å²) in [5.41, 5.74) is 32.1. The molecule has 0 N–H and O–H groups in total. The van der Waals surface area contributed by atoms with E-state index in [1.54, 1.807) is 11.3 Å². The fourth-order valence-electron chi connectivity index (χ4n) is 19.2. The molecule has 0 saturated heterocycles. The van der Waals surface area contributed by atoms with Crippen LogP contribution >= 0.6 is 11.3 Å². The van der Waals surface area contributed by atoms with Crippen molar-refractivity contribution in [3.63, 3.8) is 0 Å². The molecule has 0 atom stereocenters. The van der Waals surface area contributed by atoms with E-state index in [0.29, 0.717) is 40.8 Å². The number of thiophene rings is 1. The molecule has 0 radical (unpaired) electrons. The Kier molecular flexibility index (Phi) is 22.2. The van der Waals surface area contributed by atoms with Gasteiger partial charge in [0.1, 0.15) is 33.5 Å². The normalized spacial score (nSPS) is 11.4. The van der Waals surface area contributed by atoms with Crippen molar-refractivity contribution in [1.82, 2.24) is 44.9 Å². The third kappa shape index (κ3) is 16.4. The molecule has 27 aromatic rings. The molecule has 8 heterocycles. The summed E-state index contributed by atoms with van der Waals surface area (Å²) in [5.74, 6) is 4.40. The van der Waals surface area contributed by atoms with Crippen molar-refractivity contribution in [2.45, 2.75) is 0 Å². The molecule has 0 amide bonds. The van der Waals surface area contributed by atoms with Crippen molar-refractivity contribution in [3.8, 4) is 180 Å². The molecule has 666 valence electrons. The lowest BCUT2D eigenvalue weighted by molar-refractivity contribution is 0.669. The predicted molar refractivity (Wildman–Crippen MR) is 581 cm³/mol. The van der Waals surface area contributed by atoms with Crippen LogP contribution in [0.2, 0.25) is 0 Å². The highest BCUT2D eigenvalue weighted by molar-refractivity contribution is 7.26. The van der Waals surface area contributed by atoms with Gasteiger partial charge in [-0.25, -0.2) is 39.9 Å². The van der Waals surface area contributed by atoms with Crippen LogP contribution in [0.15, 0.2) is 505 Å². The van der Waals surface area contributed by atoms with Gasteiger partial charge in [0.2, 0.25) is 0 Å². The molecule has 0 aliphatic heterocycles. The highest BCUT2D eigenvalue weighted by Gasteiger charge is 2.27. The zero-order chi connectivity index (χ0) is 94.2. The summed E-state index contributed by atoms with van der Waals surface area (Å²) in [6.07, 6.45) is 3.71. The van der Waals surface area contributed by atoms with Crippen LogP contribution < -0.4 is 0 Å². The Hall–Kier alpha value is -19.0. The van der Waals surface area contributed by atoms with Crippen LogP contribution in [-0.4, -0.2) is 44.9 Å². The summed E-state index contributed by atoms with van der Waals surface area (Å²) in [6, 6.07) is 165. The molecule has 0 saturated carbocycles. The number of benzene rings is 19. The Morgan fingerprint density at radius 1 is 0.169 bits per heavy atom. The van der Waals surface area contributed by atoms with Crippen LogP contribution in [0.1, 0.15) is 0 Å². The minimum Gasteiger partial charge on any atom is -0.455 e. The van der Waals surface area contributed by atoms with Crippen molar-refractivity contribution in [1.29, 1.82) is 0 Å². The van der Waals surface area contributed by atoms with Crippen LogP contribution in [0.5, 0.6) is 0 Å². The van der Waals surface area contributed by atoms with Gasteiger partial charge < -0.3 is 13.3 Å². The quantitative estimate of drug-likeness (QED) is 0.0904. The van der Waals surface area contributed by atoms with E-state index in [1.165, 1.54) is 10.3 Å². The van der Waals surface area contributed by atoms with E-state index >= 15 is 0 Å². The van der Waals surface area contributed by atoms with Gasteiger partial charge in [-0.2, -0.15) is 0 Å². The Morgan fingerprint density at radius 2 is 0.451 bits per heavy atom. The SMILES string of the molecule is c1ccc(-c2cc(-c3ccccc3)c3oc4cccc(-c5ccc(-c6nc(-c7ccccc7)nc(-c7ccccc7)n6)cc5)c4c3c2)cc1.c1ccc(-c2cc(-c3ccccc3)c3oc4cccc(-c5cncc(-c6nc(-c7ccccc7)nc(-c7ccccc7)n6)c5)c4c3c2)cc1.c1ccc(-c2cc(-c3ccccc3)c3oc4cccc(-c5nc(-c6ccccc6)c6sc7ccccc7c6n5)c4c3c2)cc1. The lowest BCUT2D eigenvalue weighted by Crippen LogP contribution is -2.00. The molecular weight excluding hydrogens is 1760 g/mol. The smallest absolute Gasteiger partial charge is 0.165 e. The molecule has 0 spiro atoms. The molecule has 0 bridgehead atoms. The largest absolute Gasteiger partial charge is 0.455 e. The molecule has 0 aliphatic carbocycles. The molecule has 8 aromatic heterocycles. The minimum atomic E-state index is 0.559. The Bertz CT molecular complexity index is 9240. The van der Waals surface area contributed by atoms with Gasteiger partial charge in [0.15, 0.2) is 40.8 Å². The minimum absolute atomic E-state index is 0.559. The predicted octanol–water partition coefficient (Wildman–Crippen LogP) is 34.4. The summed E-state index contributed by atoms with van der Waals surface area (Å²) in [7, 11) is 0. The lowest BCUT2D eigenvalue weighted by atomic mass is 9.93. The van der Waals surface area contributed by atoms with E-state index in [-0.39, 0.29) is 0 Å². The first-order valence-corrected chi connectivity index (χ1v) is 48.1. The highest BCUT2D eigenvalue weighted by Crippen LogP contribution is 2.50. The molecule has 142 heavy (non-hydrogen) atoms. The van der Waals surface area contributed by atoms with Gasteiger partial charge in [0, 0.05) is 122 Å². The van der Waals surface area contributed by atoms with Crippen molar-refractivity contribution < 1.29 is 13.3 Å². The average Bonchev–Trinajstić information content (AvgIpc) is 1.58. The third-order valence-corrected chi connectivity index (χ3v) is 27.2. The summed E-state index contributed by atoms with van der Waals surface area (Å²) in [6.45, 7) is 0. The van der Waals surface area contributed by atoms with Crippen molar-refractivity contribution >= 4 is 97.5 Å². The highest BCUT2D eigenvalue weighted by atomic mass is 32.1. The van der Waals surface area contributed by atoms with Crippen molar-refractivity contribution in [2.24, 2.45) is 0 Å². The van der Waals surface area contributed by atoms with E-state index in [4.69, 9.17) is 58.1 Å². The number of pyridine rings is 1. The van der Waals surface area contributed by atoms with Crippen LogP contribution in [-0.2, 0) is 0 Å². The molecular formula is C129H81N9O3S. The monoisotopic (exact) mass is 1840 g/mol. The third-order valence-electron chi connectivity index (χ3n) is 26.0. The maximum Gasteiger partial charge on any atom is 0.165 e. The first-order valence-electron chi connectivity index (χ1n) is 47.2. The number of rotatable bonds is 16. The fraction of sp³-hybridized carbons (Fsp3) is 0. The number of fused-ring (bicyclic) bond motifs is 12. The van der Waals surface area contributed by atoms with E-state index in [1.807, 2.05) is 188 Å². The first-order chi connectivity index (χ1) is 70.4. The first kappa shape index (κ1) is 84.8. The van der Waals surface area contributed by atoms with Gasteiger partial charge in [0.25, 0.3) is 0 Å². The summed E-state index contributed by atoms with van der Waals surface area (Å²) < 4.78 is 22.4. The lowest BCUT2D eigenvalue weighted by Gasteiger charge is -2.10. The van der Waals surface area contributed by atoms with E-state index < -0.39 is 0 Å². The standard InChI is InChI=1S/C45H29N3O.C44H28N4O.C40H24N2OS/c1-5-14-30(15-6-1)36-28-38(31-16-7-2-8-17-31)42-39(29-36)41-37(22-13-23-40(41)49-42)32-24-26-35(27-25-32)45-47-43(33-18-9-3-10-19-33)46-44(48-45)34-20-11-4-12-21-34;1-5-14-29(15-6-1)33-25-37(30-16-7-2-8-17-30)41-38(26-33)40-36(22-13-23-39(40)49-41)34-24-35(28-45-27-34)44-47-42(31-18-9-3-10-19-31)46-43(48-44)32-20-11-4-12-21-32;1-4-13-25(14-5-1)28-23-31(26-15-6-2-7-16-26)38-32(24-28)35-30(20-12-21-33(35)43-38)40-41-36(27-17-8-3-9-18-27)39-37(42-40)29-19-10-11-22-34(29)44-39/h1-29H;1-28H;1-24H. The van der Waals surface area contributed by atoms with Crippen molar-refractivity contribution in [2.75, 3.05) is 0 Å². The van der Waals surface area contributed by atoms with E-state index in [2.05, 4.69) is 303 Å². The Morgan fingerprint density at radius 3 is 0.824 bits per heavy atom. The zero-order valence-electron chi connectivity index (χ0n) is 76.4. The van der Waals surface area contributed by atoms with E-state index in [0.717, 1.165) is 215 Å². The summed E-state index contributed by atoms with van der Waals surface area (Å²) in [5, 5.41) is 7.50. The number of furan rings is 3. The second kappa shape index (κ2) is 37.3. The molecule has 19 aromatic carbocycles. The van der Waals surface area contributed by atoms with Gasteiger partial charge in [-0.15, -0.1) is 11.3 Å². The average molecular weight is 1840 g/mol. The number of nitrogens with zero attached hydrogens (tertiary/aromatic N) is 9. The van der Waals surface area contributed by atoms with Crippen molar-refractivity contribution in [3.05, 3.63) is 492 Å². The molecule has 12 nitrogen and oxygen atoms in total. The van der Waals surface area contributed by atoms with Gasteiger partial charge in [-0.1, -0.05) is 413 Å². The number of hydrogen-bond acceptors (Lipinski definition) is 13.